The maximum atomic E-state index is 13.4. The second kappa shape index (κ2) is 6.99. The summed E-state index contributed by atoms with van der Waals surface area (Å²) in [6, 6.07) is 14.6. The van der Waals surface area contributed by atoms with Gasteiger partial charge in [-0.15, -0.1) is 0 Å². The van der Waals surface area contributed by atoms with Crippen molar-refractivity contribution in [3.63, 3.8) is 0 Å². The van der Waals surface area contributed by atoms with Gasteiger partial charge >= 0.3 is 0 Å². The Balaban J connectivity index is 1.69. The first-order valence-electron chi connectivity index (χ1n) is 10.2. The van der Waals surface area contributed by atoms with Crippen LogP contribution in [-0.2, 0) is 19.4 Å². The van der Waals surface area contributed by atoms with Crippen molar-refractivity contribution >= 4 is 16.7 Å². The van der Waals surface area contributed by atoms with Gasteiger partial charge in [0.05, 0.1) is 0 Å². The van der Waals surface area contributed by atoms with E-state index in [1.165, 1.54) is 29.5 Å². The van der Waals surface area contributed by atoms with Crippen molar-refractivity contribution in [3.05, 3.63) is 70.9 Å². The molecule has 0 amide bonds. The summed E-state index contributed by atoms with van der Waals surface area (Å²) in [5.41, 5.74) is 5.87. The van der Waals surface area contributed by atoms with Crippen molar-refractivity contribution in [1.29, 1.82) is 0 Å². The minimum atomic E-state index is 0.146. The van der Waals surface area contributed by atoms with E-state index in [-0.39, 0.29) is 5.78 Å². The maximum Gasteiger partial charge on any atom is 0.195 e. The third-order valence-corrected chi connectivity index (χ3v) is 5.84. The second-order valence-electron chi connectivity index (χ2n) is 8.79. The van der Waals surface area contributed by atoms with Crippen LogP contribution in [0.15, 0.2) is 48.7 Å². The van der Waals surface area contributed by atoms with Gasteiger partial charge in [-0.05, 0) is 47.9 Å². The second-order valence-corrected chi connectivity index (χ2v) is 8.79. The van der Waals surface area contributed by atoms with Crippen LogP contribution in [0.3, 0.4) is 0 Å². The molecule has 1 aliphatic carbocycles. The largest absolute Gasteiger partial charge is 0.347 e. The van der Waals surface area contributed by atoms with Gasteiger partial charge in [0.1, 0.15) is 0 Å². The van der Waals surface area contributed by atoms with Crippen molar-refractivity contribution in [2.75, 3.05) is 0 Å². The van der Waals surface area contributed by atoms with E-state index in [0.717, 1.165) is 42.3 Å². The van der Waals surface area contributed by atoms with E-state index in [0.29, 0.717) is 5.41 Å². The van der Waals surface area contributed by atoms with Gasteiger partial charge in [-0.25, -0.2) is 0 Å². The number of fused-ring (bicyclic) bond motifs is 2. The molecule has 0 fully saturated rings. The Hall–Kier alpha value is -2.35. The van der Waals surface area contributed by atoms with E-state index in [9.17, 15) is 4.79 Å². The molecule has 1 aromatic heterocycles. The molecular formula is C25H29NO. The molecule has 4 rings (SSSR count). The van der Waals surface area contributed by atoms with E-state index in [1.54, 1.807) is 0 Å². The van der Waals surface area contributed by atoms with E-state index in [2.05, 4.69) is 61.9 Å². The lowest BCUT2D eigenvalue weighted by molar-refractivity contribution is 0.104. The summed E-state index contributed by atoms with van der Waals surface area (Å²) >= 11 is 0. The normalized spacial score (nSPS) is 15.2. The Labute approximate surface area is 162 Å². The fourth-order valence-corrected chi connectivity index (χ4v) is 4.50. The molecule has 0 saturated heterocycles. The van der Waals surface area contributed by atoms with Gasteiger partial charge in [0.15, 0.2) is 5.78 Å². The van der Waals surface area contributed by atoms with E-state index in [4.69, 9.17) is 0 Å². The lowest BCUT2D eigenvalue weighted by Gasteiger charge is -2.14. The quantitative estimate of drug-likeness (QED) is 0.380. The Kier molecular flexibility index (Phi) is 4.67. The summed E-state index contributed by atoms with van der Waals surface area (Å²) in [6.07, 6.45) is 7.80. The highest BCUT2D eigenvalue weighted by atomic mass is 16.1. The van der Waals surface area contributed by atoms with Gasteiger partial charge in [-0.2, -0.15) is 0 Å². The number of rotatable bonds is 6. The Morgan fingerprint density at radius 3 is 2.63 bits per heavy atom. The molecule has 0 aliphatic heterocycles. The molecule has 1 aliphatic rings. The van der Waals surface area contributed by atoms with E-state index < -0.39 is 0 Å². The van der Waals surface area contributed by atoms with Crippen LogP contribution in [0.4, 0.5) is 0 Å². The van der Waals surface area contributed by atoms with Crippen molar-refractivity contribution in [3.8, 4) is 0 Å². The predicted octanol–water partition coefficient (Wildman–Crippen LogP) is 6.19. The highest BCUT2D eigenvalue weighted by molar-refractivity contribution is 6.16. The van der Waals surface area contributed by atoms with Crippen LogP contribution < -0.4 is 0 Å². The number of ketones is 1. The zero-order chi connectivity index (χ0) is 19.0. The number of nitrogens with zero attached hydrogens (tertiary/aromatic N) is 1. The van der Waals surface area contributed by atoms with Crippen LogP contribution in [0.1, 0.15) is 67.1 Å². The molecule has 2 nitrogen and oxygen atoms in total. The number of carbonyl (C=O) groups is 1. The van der Waals surface area contributed by atoms with Crippen molar-refractivity contribution in [2.24, 2.45) is 5.41 Å². The van der Waals surface area contributed by atoms with Crippen molar-refractivity contribution in [1.82, 2.24) is 4.57 Å². The fourth-order valence-electron chi connectivity index (χ4n) is 4.50. The molecule has 0 spiro atoms. The first-order valence-corrected chi connectivity index (χ1v) is 10.2. The topological polar surface area (TPSA) is 22.0 Å². The van der Waals surface area contributed by atoms with Gasteiger partial charge in [0.2, 0.25) is 0 Å². The van der Waals surface area contributed by atoms with Crippen LogP contribution in [0.25, 0.3) is 10.9 Å². The third kappa shape index (κ3) is 3.45. The zero-order valence-electron chi connectivity index (χ0n) is 16.7. The number of benzene rings is 2. The average molecular weight is 360 g/mol. The molecule has 0 N–H and O–H groups in total. The van der Waals surface area contributed by atoms with Gasteiger partial charge in [0, 0.05) is 34.8 Å². The molecule has 3 aromatic rings. The lowest BCUT2D eigenvalue weighted by atomic mass is 9.90. The number of para-hydroxylation sites is 1. The minimum absolute atomic E-state index is 0.146. The lowest BCUT2D eigenvalue weighted by Crippen LogP contribution is -2.09. The van der Waals surface area contributed by atoms with Gasteiger partial charge in [-0.1, -0.05) is 63.9 Å². The van der Waals surface area contributed by atoms with E-state index in [1.807, 2.05) is 12.1 Å². The number of aromatic nitrogens is 1. The summed E-state index contributed by atoms with van der Waals surface area (Å²) in [7, 11) is 0. The molecule has 0 saturated carbocycles. The highest BCUT2D eigenvalue weighted by Gasteiger charge is 2.29. The molecule has 27 heavy (non-hydrogen) atoms. The number of aryl methyl sites for hydroxylation is 1. The predicted molar refractivity (Wildman–Crippen MR) is 113 cm³/mol. The molecule has 0 radical (unpaired) electrons. The molecule has 1 heterocycles. The number of hydrogen-bond acceptors (Lipinski definition) is 1. The zero-order valence-corrected chi connectivity index (χ0v) is 16.7. The van der Waals surface area contributed by atoms with Crippen LogP contribution in [0.2, 0.25) is 0 Å². The Bertz CT molecular complexity index is 993. The van der Waals surface area contributed by atoms with Crippen LogP contribution >= 0.6 is 0 Å². The Morgan fingerprint density at radius 1 is 1.04 bits per heavy atom. The molecule has 0 bridgehead atoms. The maximum absolute atomic E-state index is 13.4. The summed E-state index contributed by atoms with van der Waals surface area (Å²) in [5, 5.41) is 1.07. The standard InChI is InChI=1S/C25H29NO/c1-4-5-8-13-26-17-22(21-9-6-7-10-23(21)26)24(27)18-11-12-19-15-25(2,3)16-20(19)14-18/h6-7,9-12,14,17H,4-5,8,13,15-16H2,1-3H3. The summed E-state index contributed by atoms with van der Waals surface area (Å²) in [4.78, 5) is 13.4. The molecule has 140 valence electrons. The average Bonchev–Trinajstić information content (AvgIpc) is 3.17. The summed E-state index contributed by atoms with van der Waals surface area (Å²) < 4.78 is 2.26. The third-order valence-electron chi connectivity index (χ3n) is 5.84. The molecule has 0 unspecified atom stereocenters. The smallest absolute Gasteiger partial charge is 0.195 e. The molecular weight excluding hydrogens is 330 g/mol. The Morgan fingerprint density at radius 2 is 1.81 bits per heavy atom. The molecule has 0 atom stereocenters. The van der Waals surface area contributed by atoms with E-state index >= 15 is 0 Å². The van der Waals surface area contributed by atoms with Crippen molar-refractivity contribution in [2.45, 2.75) is 59.4 Å². The summed E-state index contributed by atoms with van der Waals surface area (Å²) in [5.74, 6) is 0.146. The van der Waals surface area contributed by atoms with Gasteiger partial charge < -0.3 is 4.57 Å². The summed E-state index contributed by atoms with van der Waals surface area (Å²) in [6.45, 7) is 7.80. The van der Waals surface area contributed by atoms with Crippen LogP contribution in [0.5, 0.6) is 0 Å². The minimum Gasteiger partial charge on any atom is -0.347 e. The van der Waals surface area contributed by atoms with Gasteiger partial charge in [-0.3, -0.25) is 4.79 Å². The van der Waals surface area contributed by atoms with Crippen LogP contribution in [-0.4, -0.2) is 10.4 Å². The van der Waals surface area contributed by atoms with Gasteiger partial charge in [0.25, 0.3) is 0 Å². The number of unbranched alkanes of at least 4 members (excludes halogenated alkanes) is 2. The monoisotopic (exact) mass is 359 g/mol. The molecule has 2 heteroatoms. The SMILES string of the molecule is CCCCCn1cc(C(=O)c2ccc3c(c2)CC(C)(C)C3)c2ccccc21. The number of hydrogen-bond donors (Lipinski definition) is 0. The first kappa shape index (κ1) is 18.0. The van der Waals surface area contributed by atoms with Crippen LogP contribution in [0, 0.1) is 5.41 Å². The highest BCUT2D eigenvalue weighted by Crippen LogP contribution is 2.37. The molecule has 2 aromatic carbocycles. The fraction of sp³-hybridized carbons (Fsp3) is 0.400. The number of carbonyl (C=O) groups excluding carboxylic acids is 1. The first-order chi connectivity index (χ1) is 13.0. The van der Waals surface area contributed by atoms with Crippen molar-refractivity contribution < 1.29 is 4.79 Å².